The van der Waals surface area contributed by atoms with Crippen LogP contribution in [0, 0.1) is 5.92 Å². The number of anilines is 2. The molecule has 1 saturated carbocycles. The topological polar surface area (TPSA) is 45.2 Å². The average molecular weight is 261 g/mol. The number of pyridine rings is 1. The maximum absolute atomic E-state index is 12.2. The first kappa shape index (κ1) is 13.8. The van der Waals surface area contributed by atoms with Crippen LogP contribution in [0.5, 0.6) is 0 Å². The van der Waals surface area contributed by atoms with Crippen molar-refractivity contribution in [1.82, 2.24) is 4.98 Å². The van der Waals surface area contributed by atoms with Crippen LogP contribution in [0.25, 0.3) is 0 Å². The third-order valence-electron chi connectivity index (χ3n) is 3.81. The summed E-state index contributed by atoms with van der Waals surface area (Å²) in [6.45, 7) is 2.88. The van der Waals surface area contributed by atoms with Gasteiger partial charge in [-0.1, -0.05) is 12.8 Å². The zero-order chi connectivity index (χ0) is 13.7. The maximum atomic E-state index is 12.2. The molecule has 0 bridgehead atoms. The molecule has 1 aromatic heterocycles. The van der Waals surface area contributed by atoms with Gasteiger partial charge in [0.15, 0.2) is 0 Å². The molecule has 4 nitrogen and oxygen atoms in total. The van der Waals surface area contributed by atoms with Crippen LogP contribution in [0.1, 0.15) is 39.0 Å². The van der Waals surface area contributed by atoms with Gasteiger partial charge in [0, 0.05) is 20.0 Å². The second-order valence-electron chi connectivity index (χ2n) is 5.24. The minimum absolute atomic E-state index is 0.199. The van der Waals surface area contributed by atoms with Gasteiger partial charge in [0.25, 0.3) is 0 Å². The Hall–Kier alpha value is -1.58. The fourth-order valence-corrected chi connectivity index (χ4v) is 2.61. The van der Waals surface area contributed by atoms with Gasteiger partial charge < -0.3 is 10.2 Å². The maximum Gasteiger partial charge on any atom is 0.227 e. The molecule has 0 unspecified atom stereocenters. The molecule has 2 rings (SSSR count). The summed E-state index contributed by atoms with van der Waals surface area (Å²) in [7, 11) is 1.83. The molecular weight excluding hydrogens is 238 g/mol. The van der Waals surface area contributed by atoms with Gasteiger partial charge in [0.2, 0.25) is 5.91 Å². The number of hydrogen-bond acceptors (Lipinski definition) is 3. The first-order valence-corrected chi connectivity index (χ1v) is 7.17. The van der Waals surface area contributed by atoms with Gasteiger partial charge >= 0.3 is 0 Å². The molecule has 1 fully saturated rings. The highest BCUT2D eigenvalue weighted by Gasteiger charge is 2.21. The number of amides is 1. The van der Waals surface area contributed by atoms with Crippen molar-refractivity contribution in [2.45, 2.75) is 39.0 Å². The lowest BCUT2D eigenvalue weighted by Crippen LogP contribution is -2.27. The number of aromatic nitrogens is 1. The molecule has 0 aliphatic heterocycles. The second-order valence-corrected chi connectivity index (χ2v) is 5.24. The Morgan fingerprint density at radius 1 is 1.42 bits per heavy atom. The van der Waals surface area contributed by atoms with Crippen molar-refractivity contribution in [3.8, 4) is 0 Å². The van der Waals surface area contributed by atoms with E-state index in [0.29, 0.717) is 12.3 Å². The van der Waals surface area contributed by atoms with Crippen molar-refractivity contribution in [2.75, 3.05) is 23.8 Å². The first-order valence-electron chi connectivity index (χ1n) is 7.17. The van der Waals surface area contributed by atoms with Gasteiger partial charge in [-0.15, -0.1) is 0 Å². The highest BCUT2D eigenvalue weighted by atomic mass is 16.2. The van der Waals surface area contributed by atoms with Crippen LogP contribution in [0.3, 0.4) is 0 Å². The van der Waals surface area contributed by atoms with E-state index in [0.717, 1.165) is 18.1 Å². The molecule has 0 aromatic carbocycles. The molecule has 104 valence electrons. The standard InChI is InChI=1S/C15H23N3O/c1-3-16-14-9-8-13(11-17-14)18(2)15(19)10-12-6-4-5-7-12/h8-9,11-12H,3-7,10H2,1-2H3,(H,16,17). The van der Waals surface area contributed by atoms with Crippen LogP contribution in [-0.4, -0.2) is 24.5 Å². The third-order valence-corrected chi connectivity index (χ3v) is 3.81. The molecule has 1 aliphatic carbocycles. The Labute approximate surface area is 115 Å². The van der Waals surface area contributed by atoms with Crippen molar-refractivity contribution in [3.05, 3.63) is 18.3 Å². The first-order chi connectivity index (χ1) is 9.20. The highest BCUT2D eigenvalue weighted by Crippen LogP contribution is 2.28. The Balaban J connectivity index is 1.93. The summed E-state index contributed by atoms with van der Waals surface area (Å²) >= 11 is 0. The quantitative estimate of drug-likeness (QED) is 0.886. The predicted molar refractivity (Wildman–Crippen MR) is 78.4 cm³/mol. The summed E-state index contributed by atoms with van der Waals surface area (Å²) in [5.74, 6) is 1.64. The molecular formula is C15H23N3O. The van der Waals surface area contributed by atoms with Gasteiger partial charge in [0.1, 0.15) is 5.82 Å². The van der Waals surface area contributed by atoms with Crippen molar-refractivity contribution in [1.29, 1.82) is 0 Å². The lowest BCUT2D eigenvalue weighted by molar-refractivity contribution is -0.119. The molecule has 1 amide bonds. The van der Waals surface area contributed by atoms with E-state index < -0.39 is 0 Å². The Kier molecular flexibility index (Phi) is 4.77. The molecule has 1 heterocycles. The summed E-state index contributed by atoms with van der Waals surface area (Å²) in [5.41, 5.74) is 0.865. The summed E-state index contributed by atoms with van der Waals surface area (Å²) < 4.78 is 0. The molecule has 0 atom stereocenters. The van der Waals surface area contributed by atoms with E-state index in [2.05, 4.69) is 10.3 Å². The largest absolute Gasteiger partial charge is 0.370 e. The van der Waals surface area contributed by atoms with Gasteiger partial charge in [-0.3, -0.25) is 4.79 Å². The van der Waals surface area contributed by atoms with E-state index in [9.17, 15) is 4.79 Å². The van der Waals surface area contributed by atoms with E-state index in [1.165, 1.54) is 25.7 Å². The SMILES string of the molecule is CCNc1ccc(N(C)C(=O)CC2CCCC2)cn1. The van der Waals surface area contributed by atoms with Gasteiger partial charge in [-0.05, 0) is 37.8 Å². The van der Waals surface area contributed by atoms with Gasteiger partial charge in [0.05, 0.1) is 11.9 Å². The molecule has 0 radical (unpaired) electrons. The molecule has 19 heavy (non-hydrogen) atoms. The van der Waals surface area contributed by atoms with Crippen molar-refractivity contribution in [2.24, 2.45) is 5.92 Å². The van der Waals surface area contributed by atoms with Crippen LogP contribution >= 0.6 is 0 Å². The number of nitrogens with zero attached hydrogens (tertiary/aromatic N) is 2. The Morgan fingerprint density at radius 2 is 2.16 bits per heavy atom. The van der Waals surface area contributed by atoms with Crippen LogP contribution in [0.15, 0.2) is 18.3 Å². The summed E-state index contributed by atoms with van der Waals surface area (Å²) in [4.78, 5) is 18.2. The predicted octanol–water partition coefficient (Wildman–Crippen LogP) is 3.06. The molecule has 0 saturated heterocycles. The lowest BCUT2D eigenvalue weighted by atomic mass is 10.0. The fourth-order valence-electron chi connectivity index (χ4n) is 2.61. The minimum Gasteiger partial charge on any atom is -0.370 e. The van der Waals surface area contributed by atoms with E-state index >= 15 is 0 Å². The zero-order valence-electron chi connectivity index (χ0n) is 11.9. The van der Waals surface area contributed by atoms with Crippen molar-refractivity contribution in [3.63, 3.8) is 0 Å². The van der Waals surface area contributed by atoms with E-state index in [-0.39, 0.29) is 5.91 Å². The molecule has 0 spiro atoms. The summed E-state index contributed by atoms with van der Waals surface area (Å²) in [6.07, 6.45) is 7.39. The van der Waals surface area contributed by atoms with Crippen LogP contribution < -0.4 is 10.2 Å². The smallest absolute Gasteiger partial charge is 0.227 e. The monoisotopic (exact) mass is 261 g/mol. The van der Waals surface area contributed by atoms with Crippen LogP contribution in [0.4, 0.5) is 11.5 Å². The second kappa shape index (κ2) is 6.55. The van der Waals surface area contributed by atoms with E-state index in [1.54, 1.807) is 11.1 Å². The minimum atomic E-state index is 0.199. The number of nitrogens with one attached hydrogen (secondary N) is 1. The van der Waals surface area contributed by atoms with Crippen molar-refractivity contribution >= 4 is 17.4 Å². The Bertz CT molecular complexity index is 410. The Morgan fingerprint density at radius 3 is 2.74 bits per heavy atom. The fraction of sp³-hybridized carbons (Fsp3) is 0.600. The van der Waals surface area contributed by atoms with Gasteiger partial charge in [-0.2, -0.15) is 0 Å². The lowest BCUT2D eigenvalue weighted by Gasteiger charge is -2.19. The van der Waals surface area contributed by atoms with E-state index in [1.807, 2.05) is 26.1 Å². The average Bonchev–Trinajstić information content (AvgIpc) is 2.92. The summed E-state index contributed by atoms with van der Waals surface area (Å²) in [5, 5.41) is 3.15. The molecule has 1 aromatic rings. The van der Waals surface area contributed by atoms with E-state index in [4.69, 9.17) is 0 Å². The van der Waals surface area contributed by atoms with Crippen molar-refractivity contribution < 1.29 is 4.79 Å². The number of rotatable bonds is 5. The molecule has 1 N–H and O–H groups in total. The number of carbonyl (C=O) groups is 1. The third kappa shape index (κ3) is 3.69. The molecule has 1 aliphatic rings. The molecule has 4 heteroatoms. The normalized spacial score (nSPS) is 15.5. The number of hydrogen-bond donors (Lipinski definition) is 1. The van der Waals surface area contributed by atoms with Crippen LogP contribution in [-0.2, 0) is 4.79 Å². The highest BCUT2D eigenvalue weighted by molar-refractivity contribution is 5.92. The summed E-state index contributed by atoms with van der Waals surface area (Å²) in [6, 6.07) is 3.86. The van der Waals surface area contributed by atoms with Gasteiger partial charge in [-0.25, -0.2) is 4.98 Å². The zero-order valence-corrected chi connectivity index (χ0v) is 11.9. The number of carbonyl (C=O) groups excluding carboxylic acids is 1. The van der Waals surface area contributed by atoms with Crippen LogP contribution in [0.2, 0.25) is 0 Å².